The number of benzene rings is 1. The molecule has 1 unspecified atom stereocenters. The molecule has 0 aromatic heterocycles. The number of hydrogen-bond donors (Lipinski definition) is 1. The van der Waals surface area contributed by atoms with Crippen LogP contribution in [0, 0.1) is 5.92 Å². The molecule has 3 rings (SSSR count). The molecule has 7 heteroatoms. The number of halogens is 3. The predicted octanol–water partition coefficient (Wildman–Crippen LogP) is 4.49. The highest BCUT2D eigenvalue weighted by Gasteiger charge is 2.34. The molecule has 0 amide bonds. The summed E-state index contributed by atoms with van der Waals surface area (Å²) in [5.74, 6) is 0.612. The maximum absolute atomic E-state index is 13.1. The summed E-state index contributed by atoms with van der Waals surface area (Å²) in [6, 6.07) is 5.49. The van der Waals surface area contributed by atoms with Crippen LogP contribution < -0.4 is 5.32 Å². The van der Waals surface area contributed by atoms with Crippen LogP contribution in [0.2, 0.25) is 0 Å². The molecule has 0 radical (unpaired) electrons. The Kier molecular flexibility index (Phi) is 5.97. The zero-order valence-electron chi connectivity index (χ0n) is 14.8. The Morgan fingerprint density at radius 3 is 2.27 bits per heavy atom. The maximum atomic E-state index is 13.1. The van der Waals surface area contributed by atoms with Crippen LogP contribution in [0.3, 0.4) is 0 Å². The van der Waals surface area contributed by atoms with E-state index < -0.39 is 21.6 Å². The molecule has 1 atom stereocenters. The lowest BCUT2D eigenvalue weighted by Gasteiger charge is -2.36. The van der Waals surface area contributed by atoms with Gasteiger partial charge in [-0.15, -0.1) is 0 Å². The van der Waals surface area contributed by atoms with Gasteiger partial charge in [0.1, 0.15) is 9.84 Å². The highest BCUT2D eigenvalue weighted by Crippen LogP contribution is 2.37. The van der Waals surface area contributed by atoms with Crippen molar-refractivity contribution in [1.29, 1.82) is 0 Å². The van der Waals surface area contributed by atoms with E-state index in [1.165, 1.54) is 18.6 Å². The molecule has 26 heavy (non-hydrogen) atoms. The number of alkyl halides is 3. The lowest BCUT2D eigenvalue weighted by molar-refractivity contribution is -0.137. The number of sulfone groups is 1. The van der Waals surface area contributed by atoms with E-state index in [2.05, 4.69) is 5.32 Å². The third-order valence-corrected chi connectivity index (χ3v) is 7.38. The van der Waals surface area contributed by atoms with Crippen LogP contribution in [0.25, 0.3) is 0 Å². The summed E-state index contributed by atoms with van der Waals surface area (Å²) in [5, 5.41) is 3.53. The van der Waals surface area contributed by atoms with Crippen LogP contribution in [-0.4, -0.2) is 26.0 Å². The first-order valence-electron chi connectivity index (χ1n) is 9.38. The minimum atomic E-state index is -4.36. The van der Waals surface area contributed by atoms with Gasteiger partial charge in [0.15, 0.2) is 0 Å². The largest absolute Gasteiger partial charge is 0.416 e. The first-order chi connectivity index (χ1) is 12.2. The van der Waals surface area contributed by atoms with E-state index in [1.54, 1.807) is 6.07 Å². The first kappa shape index (κ1) is 19.7. The van der Waals surface area contributed by atoms with Gasteiger partial charge in [0.05, 0.1) is 17.1 Å². The fraction of sp³-hybridized carbons (Fsp3) is 0.684. The van der Waals surface area contributed by atoms with Crippen LogP contribution >= 0.6 is 0 Å². The van der Waals surface area contributed by atoms with Gasteiger partial charge in [-0.1, -0.05) is 31.4 Å². The van der Waals surface area contributed by atoms with Crippen LogP contribution in [-0.2, 0) is 16.0 Å². The van der Waals surface area contributed by atoms with Crippen molar-refractivity contribution in [2.24, 2.45) is 5.92 Å². The Balaban J connectivity index is 1.82. The van der Waals surface area contributed by atoms with Gasteiger partial charge in [0, 0.05) is 12.1 Å². The third kappa shape index (κ3) is 5.00. The van der Waals surface area contributed by atoms with Crippen molar-refractivity contribution in [2.45, 2.75) is 63.2 Å². The quantitative estimate of drug-likeness (QED) is 0.825. The molecule has 2 aliphatic rings. The van der Waals surface area contributed by atoms with Crippen LogP contribution in [0.4, 0.5) is 13.2 Å². The fourth-order valence-corrected chi connectivity index (χ4v) is 5.68. The third-order valence-electron chi connectivity index (χ3n) is 5.66. The Bertz CT molecular complexity index is 698. The molecule has 0 spiro atoms. The molecule has 1 N–H and O–H groups in total. The smallest absolute Gasteiger partial charge is 0.307 e. The van der Waals surface area contributed by atoms with E-state index >= 15 is 0 Å². The summed E-state index contributed by atoms with van der Waals surface area (Å²) in [6.45, 7) is 0. The molecule has 3 nitrogen and oxygen atoms in total. The average molecular weight is 389 g/mol. The molecule has 1 saturated carbocycles. The van der Waals surface area contributed by atoms with Gasteiger partial charge in [0.25, 0.3) is 0 Å². The van der Waals surface area contributed by atoms with Crippen molar-refractivity contribution in [3.05, 3.63) is 35.4 Å². The second-order valence-electron chi connectivity index (χ2n) is 7.59. The lowest BCUT2D eigenvalue weighted by Crippen LogP contribution is -2.42. The molecule has 1 heterocycles. The van der Waals surface area contributed by atoms with Crippen LogP contribution in [0.15, 0.2) is 24.3 Å². The van der Waals surface area contributed by atoms with Crippen molar-refractivity contribution < 1.29 is 21.6 Å². The standard InChI is InChI=1S/C19H26F3NO2S/c20-19(21,22)16-8-4-7-15(13-16)18(14-5-2-1-3-6-14)23-17-9-11-26(24,25)12-10-17/h4,7-8,13-14,17-18,23H,1-3,5-6,9-12H2. The topological polar surface area (TPSA) is 46.2 Å². The highest BCUT2D eigenvalue weighted by atomic mass is 32.2. The van der Waals surface area contributed by atoms with Gasteiger partial charge in [0.2, 0.25) is 0 Å². The van der Waals surface area contributed by atoms with Gasteiger partial charge in [-0.3, -0.25) is 0 Å². The summed E-state index contributed by atoms with van der Waals surface area (Å²) in [5.41, 5.74) is 0.0454. The molecule has 1 aliphatic carbocycles. The summed E-state index contributed by atoms with van der Waals surface area (Å²) < 4.78 is 62.7. The maximum Gasteiger partial charge on any atom is 0.416 e. The molecular formula is C19H26F3NO2S. The summed E-state index contributed by atoms with van der Waals surface area (Å²) in [7, 11) is -2.96. The molecular weight excluding hydrogens is 363 g/mol. The van der Waals surface area contributed by atoms with E-state index in [-0.39, 0.29) is 23.6 Å². The van der Waals surface area contributed by atoms with Gasteiger partial charge >= 0.3 is 6.18 Å². The molecule has 146 valence electrons. The van der Waals surface area contributed by atoms with E-state index in [0.29, 0.717) is 24.3 Å². The van der Waals surface area contributed by atoms with Crippen molar-refractivity contribution >= 4 is 9.84 Å². The minimum Gasteiger partial charge on any atom is -0.307 e. The molecule has 2 fully saturated rings. The van der Waals surface area contributed by atoms with Gasteiger partial charge in [-0.25, -0.2) is 8.42 Å². The molecule has 1 aromatic rings. The number of rotatable bonds is 4. The van der Waals surface area contributed by atoms with Crippen molar-refractivity contribution in [2.75, 3.05) is 11.5 Å². The first-order valence-corrected chi connectivity index (χ1v) is 11.2. The summed E-state index contributed by atoms with van der Waals surface area (Å²) in [6.07, 6.45) is 2.08. The average Bonchev–Trinajstić information content (AvgIpc) is 2.61. The van der Waals surface area contributed by atoms with E-state index in [1.807, 2.05) is 0 Å². The zero-order chi connectivity index (χ0) is 18.8. The fourth-order valence-electron chi connectivity index (χ4n) is 4.19. The van der Waals surface area contributed by atoms with Crippen molar-refractivity contribution in [1.82, 2.24) is 5.32 Å². The van der Waals surface area contributed by atoms with Crippen LogP contribution in [0.1, 0.15) is 62.1 Å². The second kappa shape index (κ2) is 7.89. The molecule has 1 aliphatic heterocycles. The normalized spacial score (nSPS) is 23.7. The van der Waals surface area contributed by atoms with E-state index in [4.69, 9.17) is 0 Å². The Morgan fingerprint density at radius 2 is 1.65 bits per heavy atom. The lowest BCUT2D eigenvalue weighted by atomic mass is 9.80. The molecule has 1 aromatic carbocycles. The predicted molar refractivity (Wildman–Crippen MR) is 95.6 cm³/mol. The minimum absolute atomic E-state index is 0.0417. The van der Waals surface area contributed by atoms with Gasteiger partial charge in [-0.2, -0.15) is 13.2 Å². The van der Waals surface area contributed by atoms with E-state index in [0.717, 1.165) is 31.7 Å². The number of nitrogens with one attached hydrogen (secondary N) is 1. The van der Waals surface area contributed by atoms with Crippen LogP contribution in [0.5, 0.6) is 0 Å². The monoisotopic (exact) mass is 389 g/mol. The Labute approximate surface area is 153 Å². The highest BCUT2D eigenvalue weighted by molar-refractivity contribution is 7.91. The zero-order valence-corrected chi connectivity index (χ0v) is 15.6. The molecule has 0 bridgehead atoms. The Morgan fingerprint density at radius 1 is 1.00 bits per heavy atom. The summed E-state index contributed by atoms with van der Waals surface area (Å²) >= 11 is 0. The second-order valence-corrected chi connectivity index (χ2v) is 9.90. The Hall–Kier alpha value is -1.08. The summed E-state index contributed by atoms with van der Waals surface area (Å²) in [4.78, 5) is 0. The number of hydrogen-bond acceptors (Lipinski definition) is 3. The van der Waals surface area contributed by atoms with Gasteiger partial charge in [-0.05, 0) is 49.3 Å². The van der Waals surface area contributed by atoms with Crippen molar-refractivity contribution in [3.8, 4) is 0 Å². The van der Waals surface area contributed by atoms with Gasteiger partial charge < -0.3 is 5.32 Å². The van der Waals surface area contributed by atoms with Crippen molar-refractivity contribution in [3.63, 3.8) is 0 Å². The SMILES string of the molecule is O=S1(=O)CCC(NC(c2cccc(C(F)(F)F)c2)C2CCCCC2)CC1. The van der Waals surface area contributed by atoms with E-state index in [9.17, 15) is 21.6 Å². The molecule has 1 saturated heterocycles.